The summed E-state index contributed by atoms with van der Waals surface area (Å²) in [5, 5.41) is 2.71. The van der Waals surface area contributed by atoms with Crippen LogP contribution in [-0.4, -0.2) is 5.91 Å². The van der Waals surface area contributed by atoms with Crippen LogP contribution in [0.5, 0.6) is 0 Å². The molecule has 2 aromatic rings. The van der Waals surface area contributed by atoms with E-state index >= 15 is 0 Å². The fraction of sp³-hybridized carbons (Fsp3) is 0.133. The third-order valence-corrected chi connectivity index (χ3v) is 3.50. The predicted molar refractivity (Wildman–Crippen MR) is 78.0 cm³/mol. The molecule has 0 unspecified atom stereocenters. The van der Waals surface area contributed by atoms with Crippen LogP contribution in [-0.2, 0) is 0 Å². The van der Waals surface area contributed by atoms with Crippen molar-refractivity contribution in [2.75, 3.05) is 5.32 Å². The van der Waals surface area contributed by atoms with Gasteiger partial charge in [-0.05, 0) is 59.1 Å². The highest BCUT2D eigenvalue weighted by Crippen LogP contribution is 2.24. The zero-order chi connectivity index (χ0) is 14.0. The number of carbonyl (C=O) groups is 1. The highest BCUT2D eigenvalue weighted by molar-refractivity contribution is 9.10. The highest BCUT2D eigenvalue weighted by Gasteiger charge is 2.14. The van der Waals surface area contributed by atoms with Crippen molar-refractivity contribution in [2.24, 2.45) is 0 Å². The van der Waals surface area contributed by atoms with Crippen molar-refractivity contribution >= 4 is 27.5 Å². The highest BCUT2D eigenvalue weighted by atomic mass is 79.9. The molecule has 0 aliphatic heterocycles. The molecule has 0 bridgehead atoms. The molecule has 2 rings (SSSR count). The zero-order valence-electron chi connectivity index (χ0n) is 10.6. The maximum absolute atomic E-state index is 13.9. The number of hydrogen-bond acceptors (Lipinski definition) is 1. The molecule has 2 nitrogen and oxygen atoms in total. The minimum Gasteiger partial charge on any atom is -0.321 e. The number of aryl methyl sites for hydroxylation is 2. The summed E-state index contributed by atoms with van der Waals surface area (Å²) < 4.78 is 14.6. The lowest BCUT2D eigenvalue weighted by Crippen LogP contribution is -2.14. The number of nitrogens with one attached hydrogen (secondary N) is 1. The van der Waals surface area contributed by atoms with Crippen LogP contribution in [0.3, 0.4) is 0 Å². The van der Waals surface area contributed by atoms with Crippen molar-refractivity contribution in [3.63, 3.8) is 0 Å². The summed E-state index contributed by atoms with van der Waals surface area (Å²) in [7, 11) is 0. The van der Waals surface area contributed by atoms with E-state index in [1.54, 1.807) is 19.1 Å². The molecule has 0 radical (unpaired) electrons. The monoisotopic (exact) mass is 321 g/mol. The normalized spacial score (nSPS) is 10.3. The lowest BCUT2D eigenvalue weighted by atomic mass is 10.1. The second-order valence-corrected chi connectivity index (χ2v) is 5.23. The van der Waals surface area contributed by atoms with Crippen molar-refractivity contribution in [3.05, 3.63) is 63.4 Å². The first-order chi connectivity index (χ1) is 8.99. The Labute approximate surface area is 119 Å². The number of amides is 1. The molecule has 0 saturated carbocycles. The first kappa shape index (κ1) is 13.7. The van der Waals surface area contributed by atoms with Crippen LogP contribution < -0.4 is 5.32 Å². The van der Waals surface area contributed by atoms with Crippen molar-refractivity contribution in [1.82, 2.24) is 0 Å². The van der Waals surface area contributed by atoms with Gasteiger partial charge in [0.25, 0.3) is 5.91 Å². The lowest BCUT2D eigenvalue weighted by Gasteiger charge is -2.09. The number of benzene rings is 2. The molecule has 4 heteroatoms. The second-order valence-electron chi connectivity index (χ2n) is 4.37. The van der Waals surface area contributed by atoms with Crippen LogP contribution in [0.15, 0.2) is 40.9 Å². The van der Waals surface area contributed by atoms with Crippen LogP contribution in [0.4, 0.5) is 10.1 Å². The van der Waals surface area contributed by atoms with Crippen molar-refractivity contribution in [3.8, 4) is 0 Å². The summed E-state index contributed by atoms with van der Waals surface area (Å²) in [5.41, 5.74) is 2.15. The maximum atomic E-state index is 13.9. The molecule has 0 fully saturated rings. The molecule has 0 aliphatic carbocycles. The standard InChI is InChI=1S/C15H13BrFNO/c1-9-6-7-12(16)13(8-9)18-15(19)11-5-3-4-10(2)14(11)17/h3-8H,1-2H3,(H,18,19). The molecule has 0 saturated heterocycles. The van der Waals surface area contributed by atoms with Gasteiger partial charge >= 0.3 is 0 Å². The zero-order valence-corrected chi connectivity index (χ0v) is 12.2. The van der Waals surface area contributed by atoms with Crippen LogP contribution in [0, 0.1) is 19.7 Å². The van der Waals surface area contributed by atoms with Gasteiger partial charge in [0.1, 0.15) is 5.82 Å². The van der Waals surface area contributed by atoms with Gasteiger partial charge < -0.3 is 5.32 Å². The van der Waals surface area contributed by atoms with E-state index in [4.69, 9.17) is 0 Å². The van der Waals surface area contributed by atoms with Crippen molar-refractivity contribution in [2.45, 2.75) is 13.8 Å². The number of rotatable bonds is 2. The third-order valence-electron chi connectivity index (χ3n) is 2.81. The Morgan fingerprint density at radius 2 is 1.95 bits per heavy atom. The largest absolute Gasteiger partial charge is 0.321 e. The van der Waals surface area contributed by atoms with E-state index in [2.05, 4.69) is 21.2 Å². The Kier molecular flexibility index (Phi) is 4.00. The summed E-state index contributed by atoms with van der Waals surface area (Å²) in [6.07, 6.45) is 0. The molecule has 98 valence electrons. The average Bonchev–Trinajstić information content (AvgIpc) is 2.37. The van der Waals surface area contributed by atoms with Gasteiger partial charge in [-0.3, -0.25) is 4.79 Å². The van der Waals surface area contributed by atoms with E-state index in [1.807, 2.05) is 25.1 Å². The third kappa shape index (κ3) is 3.01. The van der Waals surface area contributed by atoms with E-state index < -0.39 is 11.7 Å². The minimum atomic E-state index is -0.483. The maximum Gasteiger partial charge on any atom is 0.258 e. The molecule has 0 aliphatic rings. The SMILES string of the molecule is Cc1ccc(Br)c(NC(=O)c2cccc(C)c2F)c1. The molecule has 0 heterocycles. The van der Waals surface area contributed by atoms with Crippen molar-refractivity contribution < 1.29 is 9.18 Å². The Hall–Kier alpha value is -1.68. The minimum absolute atomic E-state index is 0.0495. The van der Waals surface area contributed by atoms with E-state index in [1.165, 1.54) is 6.07 Å². The second kappa shape index (κ2) is 5.53. The average molecular weight is 322 g/mol. The van der Waals surface area contributed by atoms with Gasteiger partial charge in [0.15, 0.2) is 0 Å². The molecular weight excluding hydrogens is 309 g/mol. The quantitative estimate of drug-likeness (QED) is 0.869. The fourth-order valence-corrected chi connectivity index (χ4v) is 2.09. The number of halogens is 2. The Bertz CT molecular complexity index is 640. The molecule has 0 atom stereocenters. The molecular formula is C15H13BrFNO. The molecule has 19 heavy (non-hydrogen) atoms. The van der Waals surface area contributed by atoms with Gasteiger partial charge in [0.2, 0.25) is 0 Å². The Balaban J connectivity index is 2.31. The summed E-state index contributed by atoms with van der Waals surface area (Å²) in [6, 6.07) is 10.4. The number of hydrogen-bond donors (Lipinski definition) is 1. The van der Waals surface area contributed by atoms with Crippen LogP contribution in [0.2, 0.25) is 0 Å². The fourth-order valence-electron chi connectivity index (χ4n) is 1.75. The van der Waals surface area contributed by atoms with E-state index in [9.17, 15) is 9.18 Å². The van der Waals surface area contributed by atoms with E-state index in [0.717, 1.165) is 10.0 Å². The molecule has 1 amide bonds. The summed E-state index contributed by atoms with van der Waals surface area (Å²) >= 11 is 3.36. The van der Waals surface area contributed by atoms with Crippen LogP contribution in [0.25, 0.3) is 0 Å². The smallest absolute Gasteiger partial charge is 0.258 e. The molecule has 1 N–H and O–H groups in total. The topological polar surface area (TPSA) is 29.1 Å². The molecule has 0 aromatic heterocycles. The van der Waals surface area contributed by atoms with Gasteiger partial charge in [-0.1, -0.05) is 18.2 Å². The van der Waals surface area contributed by atoms with Gasteiger partial charge in [0.05, 0.1) is 11.3 Å². The lowest BCUT2D eigenvalue weighted by molar-refractivity contribution is 0.102. The van der Waals surface area contributed by atoms with Crippen LogP contribution >= 0.6 is 15.9 Å². The number of carbonyl (C=O) groups excluding carboxylic acids is 1. The van der Waals surface area contributed by atoms with E-state index in [0.29, 0.717) is 11.3 Å². The van der Waals surface area contributed by atoms with Crippen molar-refractivity contribution in [1.29, 1.82) is 0 Å². The predicted octanol–water partition coefficient (Wildman–Crippen LogP) is 4.46. The first-order valence-corrected chi connectivity index (χ1v) is 6.61. The summed E-state index contributed by atoms with van der Waals surface area (Å²) in [4.78, 5) is 12.1. The molecule has 2 aromatic carbocycles. The Morgan fingerprint density at radius 1 is 1.21 bits per heavy atom. The van der Waals surface area contributed by atoms with Crippen LogP contribution in [0.1, 0.15) is 21.5 Å². The Morgan fingerprint density at radius 3 is 2.68 bits per heavy atom. The van der Waals surface area contributed by atoms with Gasteiger partial charge in [-0.25, -0.2) is 4.39 Å². The number of anilines is 1. The first-order valence-electron chi connectivity index (χ1n) is 5.81. The summed E-state index contributed by atoms with van der Waals surface area (Å²) in [5.74, 6) is -0.934. The van der Waals surface area contributed by atoms with Gasteiger partial charge in [-0.2, -0.15) is 0 Å². The molecule has 0 spiro atoms. The van der Waals surface area contributed by atoms with Gasteiger partial charge in [-0.15, -0.1) is 0 Å². The van der Waals surface area contributed by atoms with E-state index in [-0.39, 0.29) is 5.56 Å². The van der Waals surface area contributed by atoms with Gasteiger partial charge in [0, 0.05) is 4.47 Å². The summed E-state index contributed by atoms with van der Waals surface area (Å²) in [6.45, 7) is 3.56.